The molecule has 2 aromatic heterocycles. The lowest BCUT2D eigenvalue weighted by Crippen LogP contribution is -2.41. The van der Waals surface area contributed by atoms with Crippen molar-refractivity contribution in [3.05, 3.63) is 65.3 Å². The predicted molar refractivity (Wildman–Crippen MR) is 119 cm³/mol. The van der Waals surface area contributed by atoms with Crippen molar-refractivity contribution in [3.63, 3.8) is 0 Å². The molecule has 2 heterocycles. The molecular weight excluding hydrogens is 415 g/mol. The highest BCUT2D eigenvalue weighted by molar-refractivity contribution is 6.29. The van der Waals surface area contributed by atoms with Gasteiger partial charge in [-0.3, -0.25) is 9.78 Å². The second kappa shape index (κ2) is 8.17. The second-order valence-corrected chi connectivity index (χ2v) is 9.25. The third-order valence-electron chi connectivity index (χ3n) is 7.03. The zero-order valence-electron chi connectivity index (χ0n) is 17.0. The zero-order chi connectivity index (χ0) is 21.5. The van der Waals surface area contributed by atoms with Crippen LogP contribution in [0.2, 0.25) is 5.15 Å². The van der Waals surface area contributed by atoms with Crippen molar-refractivity contribution in [1.29, 1.82) is 0 Å². The molecule has 1 aromatic carbocycles. The molecule has 5 rings (SSSR count). The molecule has 5 nitrogen and oxygen atoms in total. The van der Waals surface area contributed by atoms with Gasteiger partial charge in [0.15, 0.2) is 0 Å². The molecule has 7 heteroatoms. The lowest BCUT2D eigenvalue weighted by molar-refractivity contribution is -0.118. The first kappa shape index (κ1) is 20.3. The summed E-state index contributed by atoms with van der Waals surface area (Å²) in [6, 6.07) is 9.64. The Labute approximate surface area is 185 Å². The largest absolute Gasteiger partial charge is 0.323 e. The summed E-state index contributed by atoms with van der Waals surface area (Å²) >= 11 is 5.79. The molecule has 3 aromatic rings. The highest BCUT2D eigenvalue weighted by Gasteiger charge is 2.45. The zero-order valence-corrected chi connectivity index (χ0v) is 17.7. The number of pyridine rings is 2. The van der Waals surface area contributed by atoms with E-state index >= 15 is 0 Å². The number of benzene rings is 1. The number of nitrogens with one attached hydrogen (secondary N) is 1. The van der Waals surface area contributed by atoms with Gasteiger partial charge in [0, 0.05) is 11.6 Å². The van der Waals surface area contributed by atoms with Gasteiger partial charge in [-0.05, 0) is 91.3 Å². The first-order valence-electron chi connectivity index (χ1n) is 10.7. The van der Waals surface area contributed by atoms with Gasteiger partial charge in [-0.2, -0.15) is 0 Å². The average Bonchev–Trinajstić information content (AvgIpc) is 3.33. The summed E-state index contributed by atoms with van der Waals surface area (Å²) in [5.74, 6) is 1.25. The van der Waals surface area contributed by atoms with Gasteiger partial charge in [-0.25, -0.2) is 9.37 Å². The number of fused-ring (bicyclic) bond motifs is 2. The fraction of sp³-hybridized carbons (Fsp3) is 0.375. The van der Waals surface area contributed by atoms with Crippen molar-refractivity contribution >= 4 is 34.1 Å². The average molecular weight is 439 g/mol. The smallest absolute Gasteiger partial charge is 0.241 e. The fourth-order valence-electron chi connectivity index (χ4n) is 5.60. The summed E-state index contributed by atoms with van der Waals surface area (Å²) in [4.78, 5) is 21.0. The van der Waals surface area contributed by atoms with Gasteiger partial charge in [0.2, 0.25) is 5.91 Å². The highest BCUT2D eigenvalue weighted by atomic mass is 35.5. The van der Waals surface area contributed by atoms with Crippen LogP contribution >= 0.6 is 11.6 Å². The second-order valence-electron chi connectivity index (χ2n) is 8.87. The summed E-state index contributed by atoms with van der Waals surface area (Å²) in [5.41, 5.74) is 8.95. The van der Waals surface area contributed by atoms with Crippen LogP contribution in [0.25, 0.3) is 10.9 Å². The molecule has 160 valence electrons. The number of hydrogen-bond donors (Lipinski definition) is 2. The van der Waals surface area contributed by atoms with Gasteiger partial charge < -0.3 is 11.1 Å². The Bertz CT molecular complexity index is 1110. The Morgan fingerprint density at radius 2 is 1.87 bits per heavy atom. The number of amides is 1. The van der Waals surface area contributed by atoms with E-state index in [1.54, 1.807) is 24.3 Å². The lowest BCUT2D eigenvalue weighted by Gasteiger charge is -2.21. The van der Waals surface area contributed by atoms with E-state index in [-0.39, 0.29) is 17.6 Å². The molecule has 1 unspecified atom stereocenters. The molecule has 2 aliphatic carbocycles. The maximum Gasteiger partial charge on any atom is 0.241 e. The minimum absolute atomic E-state index is 0.169. The molecule has 0 radical (unpaired) electrons. The van der Waals surface area contributed by atoms with Gasteiger partial charge >= 0.3 is 0 Å². The van der Waals surface area contributed by atoms with E-state index in [0.717, 1.165) is 36.6 Å². The minimum atomic E-state index is -0.546. The van der Waals surface area contributed by atoms with E-state index < -0.39 is 6.04 Å². The first-order chi connectivity index (χ1) is 15.0. The number of hydrogen-bond acceptors (Lipinski definition) is 4. The molecule has 2 fully saturated rings. The van der Waals surface area contributed by atoms with Crippen molar-refractivity contribution in [1.82, 2.24) is 9.97 Å². The summed E-state index contributed by atoms with van der Waals surface area (Å²) in [7, 11) is 0. The summed E-state index contributed by atoms with van der Waals surface area (Å²) < 4.78 is 13.8. The van der Waals surface area contributed by atoms with Crippen LogP contribution in [-0.4, -0.2) is 21.9 Å². The van der Waals surface area contributed by atoms with Crippen LogP contribution in [0.5, 0.6) is 0 Å². The van der Waals surface area contributed by atoms with E-state index in [4.69, 9.17) is 17.3 Å². The molecule has 31 heavy (non-hydrogen) atoms. The third-order valence-corrected chi connectivity index (χ3v) is 7.26. The SMILES string of the molecule is NC(C(=O)Nc1ccc(Cl)nc1)[C@H]1C[C@H]2C[C@@H](c3ccnc4ccc(F)cc34)C[C@H]2C1. The summed E-state index contributed by atoms with van der Waals surface area (Å²) in [6.07, 6.45) is 7.34. The number of carbonyl (C=O) groups is 1. The molecule has 0 aliphatic heterocycles. The van der Waals surface area contributed by atoms with Gasteiger partial charge in [-0.1, -0.05) is 11.6 Å². The predicted octanol–water partition coefficient (Wildman–Crippen LogP) is 4.91. The molecule has 1 amide bonds. The number of rotatable bonds is 4. The Hall–Kier alpha value is -2.57. The van der Waals surface area contributed by atoms with Crippen molar-refractivity contribution in [2.75, 3.05) is 5.32 Å². The number of aromatic nitrogens is 2. The summed E-state index contributed by atoms with van der Waals surface area (Å²) in [5, 5.41) is 4.14. The molecule has 3 N–H and O–H groups in total. The Morgan fingerprint density at radius 3 is 2.58 bits per heavy atom. The Kier molecular flexibility index (Phi) is 5.36. The number of halogens is 2. The Morgan fingerprint density at radius 1 is 1.10 bits per heavy atom. The van der Waals surface area contributed by atoms with E-state index in [0.29, 0.717) is 28.6 Å². The summed E-state index contributed by atoms with van der Waals surface area (Å²) in [6.45, 7) is 0. The number of anilines is 1. The van der Waals surface area contributed by atoms with Crippen LogP contribution in [0.3, 0.4) is 0 Å². The maximum atomic E-state index is 13.8. The first-order valence-corrected chi connectivity index (χ1v) is 11.1. The maximum absolute atomic E-state index is 13.8. The van der Waals surface area contributed by atoms with E-state index in [9.17, 15) is 9.18 Å². The highest BCUT2D eigenvalue weighted by Crippen LogP contribution is 2.53. The topological polar surface area (TPSA) is 80.9 Å². The van der Waals surface area contributed by atoms with Crippen LogP contribution in [-0.2, 0) is 4.79 Å². The minimum Gasteiger partial charge on any atom is -0.323 e. The van der Waals surface area contributed by atoms with Gasteiger partial charge in [0.05, 0.1) is 23.4 Å². The lowest BCUT2D eigenvalue weighted by atomic mass is 9.88. The van der Waals surface area contributed by atoms with Gasteiger partial charge in [0.1, 0.15) is 11.0 Å². The van der Waals surface area contributed by atoms with Crippen molar-refractivity contribution in [3.8, 4) is 0 Å². The van der Waals surface area contributed by atoms with Crippen LogP contribution in [0.15, 0.2) is 48.8 Å². The Balaban J connectivity index is 1.24. The van der Waals surface area contributed by atoms with Crippen LogP contribution in [0, 0.1) is 23.6 Å². The quantitative estimate of drug-likeness (QED) is 0.567. The molecule has 0 saturated heterocycles. The van der Waals surface area contributed by atoms with E-state index in [1.807, 2.05) is 12.3 Å². The van der Waals surface area contributed by atoms with Gasteiger partial charge in [-0.15, -0.1) is 0 Å². The monoisotopic (exact) mass is 438 g/mol. The van der Waals surface area contributed by atoms with E-state index in [1.165, 1.54) is 17.8 Å². The van der Waals surface area contributed by atoms with Crippen LogP contribution in [0.4, 0.5) is 10.1 Å². The standard InChI is InChI=1S/C24H24ClFN4O/c25-22-4-2-18(12-29-22)30-24(31)23(27)16-9-13-7-15(8-14(13)10-16)19-5-6-28-21-3-1-17(26)11-20(19)21/h1-6,11-16,23H,7-10,27H2,(H,30,31)/t13-,14+,15-,16+,23?. The normalized spacial score (nSPS) is 26.0. The van der Waals surface area contributed by atoms with Crippen LogP contribution < -0.4 is 11.1 Å². The van der Waals surface area contributed by atoms with Gasteiger partial charge in [0.25, 0.3) is 0 Å². The van der Waals surface area contributed by atoms with Crippen molar-refractivity contribution < 1.29 is 9.18 Å². The van der Waals surface area contributed by atoms with Crippen LogP contribution in [0.1, 0.15) is 37.2 Å². The molecule has 5 atom stereocenters. The van der Waals surface area contributed by atoms with Crippen molar-refractivity contribution in [2.24, 2.45) is 23.5 Å². The molecular formula is C24H24ClFN4O. The number of nitrogens with two attached hydrogens (primary N) is 1. The molecule has 0 spiro atoms. The molecule has 0 bridgehead atoms. The molecule has 2 aliphatic rings. The fourth-order valence-corrected chi connectivity index (χ4v) is 5.71. The molecule has 2 saturated carbocycles. The van der Waals surface area contributed by atoms with E-state index in [2.05, 4.69) is 15.3 Å². The third kappa shape index (κ3) is 4.02. The number of carbonyl (C=O) groups excluding carboxylic acids is 1. The van der Waals surface area contributed by atoms with Crippen molar-refractivity contribution in [2.45, 2.75) is 37.6 Å². The number of nitrogens with zero attached hydrogens (tertiary/aromatic N) is 2.